The smallest absolute Gasteiger partial charge is 0.123 e. The van der Waals surface area contributed by atoms with Gasteiger partial charge in [0.2, 0.25) is 0 Å². The molecule has 1 atom stereocenters. The Morgan fingerprint density at radius 3 is 3.07 bits per heavy atom. The van der Waals surface area contributed by atoms with Gasteiger partial charge in [-0.15, -0.1) is 0 Å². The number of hydrogen-bond acceptors (Lipinski definition) is 3. The molecule has 4 heteroatoms. The fourth-order valence-corrected chi connectivity index (χ4v) is 1.74. The van der Waals surface area contributed by atoms with Crippen LogP contribution in [0.3, 0.4) is 0 Å². The van der Waals surface area contributed by atoms with Crippen molar-refractivity contribution in [3.05, 3.63) is 23.9 Å². The number of hydrogen-bond donors (Lipinski definition) is 1. The summed E-state index contributed by atoms with van der Waals surface area (Å²) in [6, 6.07) is 5.55. The van der Waals surface area contributed by atoms with E-state index in [9.17, 15) is 4.39 Å². The minimum absolute atomic E-state index is 0.524. The lowest BCUT2D eigenvalue weighted by Gasteiger charge is -2.13. The van der Waals surface area contributed by atoms with Crippen LogP contribution >= 0.6 is 0 Å². The summed E-state index contributed by atoms with van der Waals surface area (Å²) >= 11 is 0. The van der Waals surface area contributed by atoms with Crippen LogP contribution in [0.1, 0.15) is 12.1 Å². The zero-order valence-electron chi connectivity index (χ0n) is 7.99. The van der Waals surface area contributed by atoms with E-state index >= 15 is 0 Å². The van der Waals surface area contributed by atoms with Crippen molar-refractivity contribution in [1.82, 2.24) is 9.88 Å². The van der Waals surface area contributed by atoms with E-state index in [1.807, 2.05) is 12.1 Å². The van der Waals surface area contributed by atoms with Crippen LogP contribution in [0.5, 0.6) is 0 Å². The number of pyridine rings is 1. The first-order valence-electron chi connectivity index (χ1n) is 4.82. The van der Waals surface area contributed by atoms with E-state index in [-0.39, 0.29) is 0 Å². The van der Waals surface area contributed by atoms with Gasteiger partial charge < -0.3 is 5.73 Å². The van der Waals surface area contributed by atoms with E-state index in [1.165, 1.54) is 0 Å². The number of likely N-dealkylation sites (tertiary alicyclic amines) is 1. The fourth-order valence-electron chi connectivity index (χ4n) is 1.74. The maximum absolute atomic E-state index is 12.9. The van der Waals surface area contributed by atoms with Crippen molar-refractivity contribution in [3.63, 3.8) is 0 Å². The van der Waals surface area contributed by atoms with Crippen LogP contribution in [0.15, 0.2) is 18.2 Å². The van der Waals surface area contributed by atoms with Gasteiger partial charge in [-0.3, -0.25) is 4.90 Å². The van der Waals surface area contributed by atoms with Crippen molar-refractivity contribution in [2.45, 2.75) is 19.1 Å². The highest BCUT2D eigenvalue weighted by Gasteiger charge is 2.21. The SMILES string of the molecule is Nc1cccc(CN2CC[C@@H](F)C2)n1. The molecular weight excluding hydrogens is 181 g/mol. The first kappa shape index (κ1) is 9.40. The molecule has 0 amide bonds. The lowest BCUT2D eigenvalue weighted by atomic mass is 10.3. The van der Waals surface area contributed by atoms with Crippen molar-refractivity contribution < 1.29 is 4.39 Å². The van der Waals surface area contributed by atoms with Gasteiger partial charge >= 0.3 is 0 Å². The van der Waals surface area contributed by atoms with Gasteiger partial charge in [-0.2, -0.15) is 0 Å². The molecule has 1 fully saturated rings. The van der Waals surface area contributed by atoms with E-state index in [2.05, 4.69) is 9.88 Å². The molecule has 76 valence electrons. The third-order valence-electron chi connectivity index (χ3n) is 2.43. The number of nitrogens with zero attached hydrogens (tertiary/aromatic N) is 2. The molecule has 2 heterocycles. The van der Waals surface area contributed by atoms with Crippen LogP contribution in [0.2, 0.25) is 0 Å². The molecule has 1 aliphatic rings. The molecule has 3 nitrogen and oxygen atoms in total. The summed E-state index contributed by atoms with van der Waals surface area (Å²) in [5.74, 6) is 0.526. The normalized spacial score (nSPS) is 22.8. The highest BCUT2D eigenvalue weighted by molar-refractivity contribution is 5.28. The third-order valence-corrected chi connectivity index (χ3v) is 2.43. The molecule has 0 saturated carbocycles. The molecule has 0 bridgehead atoms. The van der Waals surface area contributed by atoms with Crippen molar-refractivity contribution in [2.75, 3.05) is 18.8 Å². The Balaban J connectivity index is 1.97. The van der Waals surface area contributed by atoms with Crippen molar-refractivity contribution >= 4 is 5.82 Å². The van der Waals surface area contributed by atoms with Crippen LogP contribution in [0.4, 0.5) is 10.2 Å². The van der Waals surface area contributed by atoms with Crippen molar-refractivity contribution in [1.29, 1.82) is 0 Å². The largest absolute Gasteiger partial charge is 0.384 e. The quantitative estimate of drug-likeness (QED) is 0.771. The van der Waals surface area contributed by atoms with E-state index < -0.39 is 6.17 Å². The monoisotopic (exact) mass is 195 g/mol. The van der Waals surface area contributed by atoms with Crippen LogP contribution in [0.25, 0.3) is 0 Å². The molecule has 2 rings (SSSR count). The number of aromatic nitrogens is 1. The molecule has 14 heavy (non-hydrogen) atoms. The topological polar surface area (TPSA) is 42.1 Å². The number of alkyl halides is 1. The Labute approximate surface area is 82.7 Å². The van der Waals surface area contributed by atoms with Gasteiger partial charge in [-0.05, 0) is 18.6 Å². The van der Waals surface area contributed by atoms with Crippen molar-refractivity contribution in [3.8, 4) is 0 Å². The van der Waals surface area contributed by atoms with Gasteiger partial charge in [0.1, 0.15) is 12.0 Å². The zero-order valence-corrected chi connectivity index (χ0v) is 7.99. The standard InChI is InChI=1S/C10H14FN3/c11-8-4-5-14(6-8)7-9-2-1-3-10(12)13-9/h1-3,8H,4-7H2,(H2,12,13)/t8-/m1/s1. The summed E-state index contributed by atoms with van der Waals surface area (Å²) in [7, 11) is 0. The number of halogens is 1. The van der Waals surface area contributed by atoms with E-state index in [1.54, 1.807) is 6.07 Å². The molecule has 1 aromatic rings. The average Bonchev–Trinajstić information content (AvgIpc) is 2.51. The number of rotatable bonds is 2. The summed E-state index contributed by atoms with van der Waals surface area (Å²) < 4.78 is 12.9. The third kappa shape index (κ3) is 2.20. The maximum atomic E-state index is 12.9. The molecular formula is C10H14FN3. The predicted molar refractivity (Wildman–Crippen MR) is 53.4 cm³/mol. The van der Waals surface area contributed by atoms with E-state index in [0.717, 1.165) is 12.2 Å². The molecule has 0 aliphatic carbocycles. The van der Waals surface area contributed by atoms with Gasteiger partial charge in [0.15, 0.2) is 0 Å². The molecule has 1 aromatic heterocycles. The Hall–Kier alpha value is -1.16. The average molecular weight is 195 g/mol. The lowest BCUT2D eigenvalue weighted by Crippen LogP contribution is -2.21. The minimum atomic E-state index is -0.670. The zero-order chi connectivity index (χ0) is 9.97. The summed E-state index contributed by atoms with van der Waals surface area (Å²) in [6.45, 7) is 2.04. The first-order chi connectivity index (χ1) is 6.74. The minimum Gasteiger partial charge on any atom is -0.384 e. The lowest BCUT2D eigenvalue weighted by molar-refractivity contribution is 0.280. The molecule has 0 spiro atoms. The van der Waals surface area contributed by atoms with E-state index in [0.29, 0.717) is 25.3 Å². The summed E-state index contributed by atoms with van der Waals surface area (Å²) in [5, 5.41) is 0. The van der Waals surface area contributed by atoms with Crippen LogP contribution in [0, 0.1) is 0 Å². The highest BCUT2D eigenvalue weighted by atomic mass is 19.1. The Kier molecular flexibility index (Phi) is 2.63. The molecule has 0 radical (unpaired) electrons. The fraction of sp³-hybridized carbons (Fsp3) is 0.500. The molecule has 0 unspecified atom stereocenters. The molecule has 1 saturated heterocycles. The maximum Gasteiger partial charge on any atom is 0.123 e. The van der Waals surface area contributed by atoms with Gasteiger partial charge in [0.05, 0.1) is 5.69 Å². The van der Waals surface area contributed by atoms with Gasteiger partial charge in [0.25, 0.3) is 0 Å². The van der Waals surface area contributed by atoms with Crippen LogP contribution in [-0.2, 0) is 6.54 Å². The second-order valence-corrected chi connectivity index (χ2v) is 3.67. The predicted octanol–water partition coefficient (Wildman–Crippen LogP) is 1.21. The van der Waals surface area contributed by atoms with Crippen LogP contribution < -0.4 is 5.73 Å². The summed E-state index contributed by atoms with van der Waals surface area (Å²) in [6.07, 6.45) is -0.0291. The van der Waals surface area contributed by atoms with Crippen molar-refractivity contribution in [2.24, 2.45) is 0 Å². The van der Waals surface area contributed by atoms with Gasteiger partial charge in [-0.25, -0.2) is 9.37 Å². The Bertz CT molecular complexity index is 316. The number of nitrogens with two attached hydrogens (primary N) is 1. The second kappa shape index (κ2) is 3.92. The summed E-state index contributed by atoms with van der Waals surface area (Å²) in [5.41, 5.74) is 6.47. The van der Waals surface area contributed by atoms with Crippen LogP contribution in [-0.4, -0.2) is 29.1 Å². The molecule has 1 aliphatic heterocycles. The van der Waals surface area contributed by atoms with Gasteiger partial charge in [-0.1, -0.05) is 6.07 Å². The molecule has 0 aromatic carbocycles. The molecule has 2 N–H and O–H groups in total. The van der Waals surface area contributed by atoms with E-state index in [4.69, 9.17) is 5.73 Å². The summed E-state index contributed by atoms with van der Waals surface area (Å²) in [4.78, 5) is 6.24. The second-order valence-electron chi connectivity index (χ2n) is 3.67. The highest BCUT2D eigenvalue weighted by Crippen LogP contribution is 2.14. The van der Waals surface area contributed by atoms with Gasteiger partial charge in [0, 0.05) is 19.6 Å². The first-order valence-corrected chi connectivity index (χ1v) is 4.82. The number of anilines is 1. The Morgan fingerprint density at radius 1 is 1.57 bits per heavy atom. The number of nitrogen functional groups attached to an aromatic ring is 1. The Morgan fingerprint density at radius 2 is 2.43 bits per heavy atom.